The molecular formula is C13H15N5O3S. The second-order valence-electron chi connectivity index (χ2n) is 4.92. The first kappa shape index (κ1) is 14.7. The van der Waals surface area contributed by atoms with Crippen LogP contribution in [0.2, 0.25) is 0 Å². The van der Waals surface area contributed by atoms with Crippen molar-refractivity contribution in [3.05, 3.63) is 33.7 Å². The lowest BCUT2D eigenvalue weighted by Gasteiger charge is -2.05. The second kappa shape index (κ2) is 6.24. The number of carbonyl (C=O) groups excluding carboxylic acids is 1. The Morgan fingerprint density at radius 2 is 2.36 bits per heavy atom. The van der Waals surface area contributed by atoms with Crippen LogP contribution in [0.5, 0.6) is 0 Å². The van der Waals surface area contributed by atoms with Gasteiger partial charge in [-0.2, -0.15) is 0 Å². The number of nitrogens with two attached hydrogens (primary N) is 1. The van der Waals surface area contributed by atoms with Crippen molar-refractivity contribution in [3.63, 3.8) is 0 Å². The molecule has 0 aliphatic carbocycles. The van der Waals surface area contributed by atoms with Crippen molar-refractivity contribution in [2.45, 2.75) is 25.5 Å². The maximum Gasteiger partial charge on any atom is 0.251 e. The first-order valence-corrected chi connectivity index (χ1v) is 7.64. The Bertz CT molecular complexity index is 735. The van der Waals surface area contributed by atoms with Crippen LogP contribution < -0.4 is 16.6 Å². The van der Waals surface area contributed by atoms with Crippen molar-refractivity contribution < 1.29 is 9.53 Å². The fourth-order valence-corrected chi connectivity index (χ4v) is 3.02. The molecule has 1 unspecified atom stereocenters. The van der Waals surface area contributed by atoms with Crippen LogP contribution in [-0.4, -0.2) is 27.3 Å². The Balaban J connectivity index is 1.64. The highest BCUT2D eigenvalue weighted by Crippen LogP contribution is 2.31. The molecule has 3 heterocycles. The Labute approximate surface area is 129 Å². The van der Waals surface area contributed by atoms with E-state index in [1.165, 1.54) is 34.2 Å². The number of carbonyl (C=O) groups is 1. The van der Waals surface area contributed by atoms with Crippen LogP contribution in [0.3, 0.4) is 0 Å². The molecule has 116 valence electrons. The van der Waals surface area contributed by atoms with Crippen LogP contribution in [0.15, 0.2) is 23.1 Å². The van der Waals surface area contributed by atoms with Crippen LogP contribution in [-0.2, 0) is 16.1 Å². The molecule has 0 bridgehead atoms. The predicted molar refractivity (Wildman–Crippen MR) is 81.6 cm³/mol. The smallest absolute Gasteiger partial charge is 0.251 e. The van der Waals surface area contributed by atoms with Gasteiger partial charge < -0.3 is 15.0 Å². The highest BCUT2D eigenvalue weighted by molar-refractivity contribution is 7.15. The third-order valence-corrected chi connectivity index (χ3v) is 4.14. The molecule has 0 aromatic carbocycles. The van der Waals surface area contributed by atoms with E-state index < -0.39 is 0 Å². The lowest BCUT2D eigenvalue weighted by molar-refractivity contribution is -0.116. The summed E-state index contributed by atoms with van der Waals surface area (Å²) < 4.78 is 6.76. The maximum absolute atomic E-state index is 12.0. The van der Waals surface area contributed by atoms with E-state index in [1.54, 1.807) is 0 Å². The van der Waals surface area contributed by atoms with Gasteiger partial charge in [0, 0.05) is 24.6 Å². The summed E-state index contributed by atoms with van der Waals surface area (Å²) in [6.07, 6.45) is 3.32. The summed E-state index contributed by atoms with van der Waals surface area (Å²) in [5, 5.41) is 11.7. The standard InChI is InChI=1S/C13H15N5O3S/c14-8-3-4-11(20)18(6-8)7-10(19)15-13-17-16-12(22-13)9-2-1-5-21-9/h3-4,6,9H,1-2,5,7,14H2,(H,15,17,19). The van der Waals surface area contributed by atoms with E-state index in [0.29, 0.717) is 10.8 Å². The summed E-state index contributed by atoms with van der Waals surface area (Å²) in [5.41, 5.74) is 5.73. The summed E-state index contributed by atoms with van der Waals surface area (Å²) in [4.78, 5) is 23.6. The Morgan fingerprint density at radius 1 is 1.50 bits per heavy atom. The number of pyridine rings is 1. The number of anilines is 2. The van der Waals surface area contributed by atoms with E-state index in [2.05, 4.69) is 15.5 Å². The number of ether oxygens (including phenoxy) is 1. The Morgan fingerprint density at radius 3 is 3.14 bits per heavy atom. The molecule has 2 aromatic rings. The molecule has 8 nitrogen and oxygen atoms in total. The van der Waals surface area contributed by atoms with Gasteiger partial charge in [-0.05, 0) is 18.9 Å². The molecule has 0 radical (unpaired) electrons. The highest BCUT2D eigenvalue weighted by atomic mass is 32.1. The summed E-state index contributed by atoms with van der Waals surface area (Å²) in [6, 6.07) is 2.82. The van der Waals surface area contributed by atoms with Crippen molar-refractivity contribution in [2.75, 3.05) is 17.7 Å². The van der Waals surface area contributed by atoms with Gasteiger partial charge in [0.25, 0.3) is 5.56 Å². The van der Waals surface area contributed by atoms with E-state index in [4.69, 9.17) is 10.5 Å². The minimum atomic E-state index is -0.359. The number of rotatable bonds is 4. The van der Waals surface area contributed by atoms with Gasteiger partial charge in [-0.3, -0.25) is 14.9 Å². The monoisotopic (exact) mass is 321 g/mol. The summed E-state index contributed by atoms with van der Waals surface area (Å²) in [6.45, 7) is 0.600. The third kappa shape index (κ3) is 3.31. The highest BCUT2D eigenvalue weighted by Gasteiger charge is 2.22. The Kier molecular flexibility index (Phi) is 4.16. The number of hydrogen-bond donors (Lipinski definition) is 2. The fraction of sp³-hybridized carbons (Fsp3) is 0.385. The molecule has 3 rings (SSSR count). The molecular weight excluding hydrogens is 306 g/mol. The third-order valence-electron chi connectivity index (χ3n) is 3.21. The fourth-order valence-electron chi connectivity index (χ4n) is 2.17. The van der Waals surface area contributed by atoms with E-state index in [-0.39, 0.29) is 24.1 Å². The number of nitrogens with zero attached hydrogens (tertiary/aromatic N) is 3. The zero-order valence-electron chi connectivity index (χ0n) is 11.7. The molecule has 1 aliphatic rings. The lowest BCUT2D eigenvalue weighted by atomic mass is 10.2. The quantitative estimate of drug-likeness (QED) is 0.860. The van der Waals surface area contributed by atoms with Gasteiger partial charge in [-0.15, -0.1) is 10.2 Å². The van der Waals surface area contributed by atoms with Crippen LogP contribution in [0.25, 0.3) is 0 Å². The summed E-state index contributed by atoms with van der Waals surface area (Å²) >= 11 is 1.29. The molecule has 9 heteroatoms. The zero-order chi connectivity index (χ0) is 15.5. The SMILES string of the molecule is Nc1ccc(=O)n(CC(=O)Nc2nnc(C3CCCO3)s2)c1. The number of hydrogen-bond acceptors (Lipinski definition) is 7. The molecule has 1 aliphatic heterocycles. The van der Waals surface area contributed by atoms with Gasteiger partial charge in [-0.25, -0.2) is 0 Å². The molecule has 1 atom stereocenters. The van der Waals surface area contributed by atoms with E-state index in [9.17, 15) is 9.59 Å². The van der Waals surface area contributed by atoms with Crippen molar-refractivity contribution in [1.82, 2.24) is 14.8 Å². The van der Waals surface area contributed by atoms with Crippen molar-refractivity contribution in [2.24, 2.45) is 0 Å². The average molecular weight is 321 g/mol. The molecule has 1 amide bonds. The molecule has 0 saturated carbocycles. The van der Waals surface area contributed by atoms with Crippen molar-refractivity contribution in [1.29, 1.82) is 0 Å². The number of aromatic nitrogens is 3. The molecule has 0 spiro atoms. The van der Waals surface area contributed by atoms with Crippen LogP contribution in [0.4, 0.5) is 10.8 Å². The van der Waals surface area contributed by atoms with Crippen LogP contribution >= 0.6 is 11.3 Å². The molecule has 22 heavy (non-hydrogen) atoms. The average Bonchev–Trinajstić information content (AvgIpc) is 3.13. The lowest BCUT2D eigenvalue weighted by Crippen LogP contribution is -2.26. The van der Waals surface area contributed by atoms with Crippen molar-refractivity contribution >= 4 is 28.1 Å². The Hall–Kier alpha value is -2.26. The topological polar surface area (TPSA) is 112 Å². The molecule has 1 saturated heterocycles. The van der Waals surface area contributed by atoms with Crippen molar-refractivity contribution in [3.8, 4) is 0 Å². The van der Waals surface area contributed by atoms with E-state index in [0.717, 1.165) is 24.5 Å². The number of nitrogen functional groups attached to an aromatic ring is 1. The van der Waals surface area contributed by atoms with E-state index in [1.807, 2.05) is 0 Å². The summed E-state index contributed by atoms with van der Waals surface area (Å²) in [5.74, 6) is -0.359. The number of amides is 1. The molecule has 1 fully saturated rings. The largest absolute Gasteiger partial charge is 0.398 e. The predicted octanol–water partition coefficient (Wildman–Crippen LogP) is 0.772. The van der Waals surface area contributed by atoms with Gasteiger partial charge in [0.15, 0.2) is 0 Å². The first-order valence-electron chi connectivity index (χ1n) is 6.82. The molecule has 2 aromatic heterocycles. The number of nitrogens with one attached hydrogen (secondary N) is 1. The van der Waals surface area contributed by atoms with Gasteiger partial charge >= 0.3 is 0 Å². The second-order valence-corrected chi connectivity index (χ2v) is 5.93. The zero-order valence-corrected chi connectivity index (χ0v) is 12.5. The van der Waals surface area contributed by atoms with Gasteiger partial charge in [0.05, 0.1) is 0 Å². The maximum atomic E-state index is 12.0. The first-order chi connectivity index (χ1) is 10.6. The van der Waals surface area contributed by atoms with Crippen LogP contribution in [0.1, 0.15) is 24.0 Å². The van der Waals surface area contributed by atoms with Gasteiger partial charge in [0.1, 0.15) is 17.7 Å². The summed E-state index contributed by atoms with van der Waals surface area (Å²) in [7, 11) is 0. The minimum Gasteiger partial charge on any atom is -0.398 e. The van der Waals surface area contributed by atoms with Gasteiger partial charge in [0.2, 0.25) is 11.0 Å². The van der Waals surface area contributed by atoms with Gasteiger partial charge in [-0.1, -0.05) is 11.3 Å². The van der Waals surface area contributed by atoms with Crippen LogP contribution in [0, 0.1) is 0 Å². The minimum absolute atomic E-state index is 0.0281. The van der Waals surface area contributed by atoms with E-state index >= 15 is 0 Å². The normalized spacial score (nSPS) is 17.5. The molecule has 3 N–H and O–H groups in total.